The summed E-state index contributed by atoms with van der Waals surface area (Å²) in [6.45, 7) is 4.72. The first-order chi connectivity index (χ1) is 11.3. The highest BCUT2D eigenvalue weighted by Crippen LogP contribution is 2.24. The fourth-order valence-corrected chi connectivity index (χ4v) is 3.94. The van der Waals surface area contributed by atoms with Gasteiger partial charge in [-0.05, 0) is 44.5 Å². The van der Waals surface area contributed by atoms with Crippen LogP contribution >= 0.6 is 0 Å². The zero-order valence-corrected chi connectivity index (χ0v) is 14.3. The van der Waals surface area contributed by atoms with Crippen molar-refractivity contribution in [2.45, 2.75) is 38.1 Å². The molecule has 2 fully saturated rings. The lowest BCUT2D eigenvalue weighted by Gasteiger charge is -2.38. The van der Waals surface area contributed by atoms with E-state index in [1.807, 2.05) is 30.1 Å². The number of hydrogen-bond acceptors (Lipinski definition) is 3. The summed E-state index contributed by atoms with van der Waals surface area (Å²) in [6.07, 6.45) is 6.35. The Balaban J connectivity index is 1.61. The molecule has 23 heavy (non-hydrogen) atoms. The van der Waals surface area contributed by atoms with Crippen LogP contribution in [-0.4, -0.2) is 61.5 Å². The van der Waals surface area contributed by atoms with Crippen LogP contribution in [0.25, 0.3) is 0 Å². The summed E-state index contributed by atoms with van der Waals surface area (Å²) in [6, 6.07) is 8.84. The summed E-state index contributed by atoms with van der Waals surface area (Å²) < 4.78 is 0. The van der Waals surface area contributed by atoms with Crippen molar-refractivity contribution in [3.8, 4) is 0 Å². The number of carbonyl (C=O) groups excluding carboxylic acids is 1. The molecule has 2 aliphatic rings. The third-order valence-electron chi connectivity index (χ3n) is 5.33. The molecule has 0 aromatic heterocycles. The maximum Gasteiger partial charge on any atom is 0.254 e. The molecule has 1 N–H and O–H groups in total. The van der Waals surface area contributed by atoms with Crippen molar-refractivity contribution >= 4 is 5.91 Å². The van der Waals surface area contributed by atoms with Crippen LogP contribution < -0.4 is 5.32 Å². The van der Waals surface area contributed by atoms with E-state index in [2.05, 4.69) is 16.3 Å². The van der Waals surface area contributed by atoms with Crippen LogP contribution in [0.5, 0.6) is 0 Å². The number of benzene rings is 1. The Morgan fingerprint density at radius 2 is 1.83 bits per heavy atom. The molecule has 1 heterocycles. The van der Waals surface area contributed by atoms with Gasteiger partial charge in [-0.25, -0.2) is 0 Å². The van der Waals surface area contributed by atoms with Gasteiger partial charge in [-0.15, -0.1) is 0 Å². The molecule has 1 amide bonds. The van der Waals surface area contributed by atoms with Crippen molar-refractivity contribution in [2.75, 3.05) is 39.8 Å². The van der Waals surface area contributed by atoms with E-state index in [4.69, 9.17) is 0 Å². The zero-order valence-electron chi connectivity index (χ0n) is 14.3. The topological polar surface area (TPSA) is 35.6 Å². The minimum atomic E-state index is 0.211. The second kappa shape index (κ2) is 7.93. The van der Waals surface area contributed by atoms with Crippen LogP contribution in [0.15, 0.2) is 24.3 Å². The van der Waals surface area contributed by atoms with Crippen molar-refractivity contribution in [3.63, 3.8) is 0 Å². The number of likely N-dealkylation sites (N-methyl/N-ethyl adjacent to an activating group) is 1. The maximum absolute atomic E-state index is 12.9. The van der Waals surface area contributed by atoms with Crippen LogP contribution in [0.4, 0.5) is 0 Å². The smallest absolute Gasteiger partial charge is 0.254 e. The highest BCUT2D eigenvalue weighted by atomic mass is 16.2. The predicted octanol–water partition coefficient (Wildman–Crippen LogP) is 2.15. The van der Waals surface area contributed by atoms with E-state index in [1.54, 1.807) is 0 Å². The quantitative estimate of drug-likeness (QED) is 0.904. The molecule has 4 heteroatoms. The molecule has 0 bridgehead atoms. The summed E-state index contributed by atoms with van der Waals surface area (Å²) in [5.74, 6) is 0.211. The molecule has 0 spiro atoms. The molecule has 1 saturated carbocycles. The minimum Gasteiger partial charge on any atom is -0.336 e. The fourth-order valence-electron chi connectivity index (χ4n) is 3.94. The number of rotatable bonds is 5. The van der Waals surface area contributed by atoms with Crippen molar-refractivity contribution in [1.29, 1.82) is 0 Å². The first kappa shape index (κ1) is 16.5. The normalized spacial score (nSPS) is 20.1. The average molecular weight is 315 g/mol. The molecular formula is C19H29N3O. The molecule has 4 nitrogen and oxygen atoms in total. The molecule has 1 aliphatic carbocycles. The molecule has 3 rings (SSSR count). The lowest BCUT2D eigenvalue weighted by molar-refractivity contribution is 0.0572. The minimum absolute atomic E-state index is 0.211. The van der Waals surface area contributed by atoms with E-state index in [9.17, 15) is 4.79 Å². The lowest BCUT2D eigenvalue weighted by Crippen LogP contribution is -2.51. The average Bonchev–Trinajstić information content (AvgIpc) is 3.14. The molecule has 1 aliphatic heterocycles. The van der Waals surface area contributed by atoms with Gasteiger partial charge in [0.15, 0.2) is 0 Å². The second-order valence-electron chi connectivity index (χ2n) is 6.78. The van der Waals surface area contributed by atoms with Crippen molar-refractivity contribution in [1.82, 2.24) is 15.1 Å². The SMILES string of the molecule is CNCCc1ccccc1C(=O)N1CCN(C2CCCC2)CC1. The van der Waals surface area contributed by atoms with Crippen molar-refractivity contribution < 1.29 is 4.79 Å². The van der Waals surface area contributed by atoms with Crippen LogP contribution in [0.1, 0.15) is 41.6 Å². The maximum atomic E-state index is 12.9. The number of piperazine rings is 1. The van der Waals surface area contributed by atoms with Gasteiger partial charge >= 0.3 is 0 Å². The molecule has 0 radical (unpaired) electrons. The fraction of sp³-hybridized carbons (Fsp3) is 0.632. The largest absolute Gasteiger partial charge is 0.336 e. The van der Waals surface area contributed by atoms with Gasteiger partial charge in [-0.2, -0.15) is 0 Å². The highest BCUT2D eigenvalue weighted by Gasteiger charge is 2.28. The van der Waals surface area contributed by atoms with Gasteiger partial charge in [-0.1, -0.05) is 31.0 Å². The molecule has 126 valence electrons. The van der Waals surface area contributed by atoms with E-state index in [0.717, 1.165) is 56.3 Å². The molecule has 1 aromatic carbocycles. The summed E-state index contributed by atoms with van der Waals surface area (Å²) in [5, 5.41) is 3.17. The summed E-state index contributed by atoms with van der Waals surface area (Å²) in [4.78, 5) is 17.5. The van der Waals surface area contributed by atoms with Crippen molar-refractivity contribution in [2.24, 2.45) is 0 Å². The Morgan fingerprint density at radius 1 is 1.13 bits per heavy atom. The van der Waals surface area contributed by atoms with Crippen molar-refractivity contribution in [3.05, 3.63) is 35.4 Å². The zero-order chi connectivity index (χ0) is 16.1. The monoisotopic (exact) mass is 315 g/mol. The number of nitrogens with one attached hydrogen (secondary N) is 1. The number of nitrogens with zero attached hydrogens (tertiary/aromatic N) is 2. The van der Waals surface area contributed by atoms with Gasteiger partial charge in [0.2, 0.25) is 0 Å². The molecule has 1 saturated heterocycles. The van der Waals surface area contributed by atoms with Gasteiger partial charge < -0.3 is 10.2 Å². The Morgan fingerprint density at radius 3 is 2.52 bits per heavy atom. The van der Waals surface area contributed by atoms with Gasteiger partial charge in [-0.3, -0.25) is 9.69 Å². The molecule has 0 unspecified atom stereocenters. The van der Waals surface area contributed by atoms with Crippen LogP contribution in [-0.2, 0) is 6.42 Å². The summed E-state index contributed by atoms with van der Waals surface area (Å²) in [7, 11) is 1.95. The number of amides is 1. The summed E-state index contributed by atoms with van der Waals surface area (Å²) in [5.41, 5.74) is 2.04. The highest BCUT2D eigenvalue weighted by molar-refractivity contribution is 5.95. The van der Waals surface area contributed by atoms with Gasteiger partial charge in [0.25, 0.3) is 5.91 Å². The number of carbonyl (C=O) groups is 1. The summed E-state index contributed by atoms with van der Waals surface area (Å²) >= 11 is 0. The van der Waals surface area contributed by atoms with Gasteiger partial charge in [0.05, 0.1) is 0 Å². The van der Waals surface area contributed by atoms with E-state index >= 15 is 0 Å². The van der Waals surface area contributed by atoms with E-state index in [0.29, 0.717) is 0 Å². The first-order valence-corrected chi connectivity index (χ1v) is 9.05. The predicted molar refractivity (Wildman–Crippen MR) is 93.8 cm³/mol. The van der Waals surface area contributed by atoms with Crippen LogP contribution in [0.2, 0.25) is 0 Å². The Labute approximate surface area is 139 Å². The van der Waals surface area contributed by atoms with E-state index in [1.165, 1.54) is 25.7 Å². The Kier molecular flexibility index (Phi) is 5.68. The van der Waals surface area contributed by atoms with Gasteiger partial charge in [0, 0.05) is 37.8 Å². The van der Waals surface area contributed by atoms with E-state index < -0.39 is 0 Å². The molecular weight excluding hydrogens is 286 g/mol. The molecule has 1 aromatic rings. The Bertz CT molecular complexity index is 517. The van der Waals surface area contributed by atoms with Crippen LogP contribution in [0.3, 0.4) is 0 Å². The lowest BCUT2D eigenvalue weighted by atomic mass is 10.0. The Hall–Kier alpha value is -1.39. The third-order valence-corrected chi connectivity index (χ3v) is 5.33. The number of hydrogen-bond donors (Lipinski definition) is 1. The van der Waals surface area contributed by atoms with Crippen LogP contribution in [0, 0.1) is 0 Å². The van der Waals surface area contributed by atoms with E-state index in [-0.39, 0.29) is 5.91 Å². The van der Waals surface area contributed by atoms with Gasteiger partial charge in [0.1, 0.15) is 0 Å². The first-order valence-electron chi connectivity index (χ1n) is 9.05. The third kappa shape index (κ3) is 3.93. The second-order valence-corrected chi connectivity index (χ2v) is 6.78. The molecule has 0 atom stereocenters. The standard InChI is InChI=1S/C19H29N3O/c1-20-11-10-16-6-2-5-9-18(16)19(23)22-14-12-21(13-15-22)17-7-3-4-8-17/h2,5-6,9,17,20H,3-4,7-8,10-15H2,1H3.